The SMILES string of the molecule is CCOc1nc(COC)nc(NCc2ccco2)c1N. The summed E-state index contributed by atoms with van der Waals surface area (Å²) in [5.74, 6) is 2.16. The highest BCUT2D eigenvalue weighted by Crippen LogP contribution is 2.26. The Kier molecular flexibility index (Phi) is 4.78. The van der Waals surface area contributed by atoms with E-state index in [-0.39, 0.29) is 6.61 Å². The normalized spacial score (nSPS) is 10.5. The summed E-state index contributed by atoms with van der Waals surface area (Å²) in [5, 5.41) is 3.11. The van der Waals surface area contributed by atoms with Crippen molar-refractivity contribution in [1.82, 2.24) is 9.97 Å². The molecule has 0 unspecified atom stereocenters. The molecule has 0 saturated carbocycles. The van der Waals surface area contributed by atoms with Gasteiger partial charge in [-0.25, -0.2) is 4.98 Å². The van der Waals surface area contributed by atoms with Crippen molar-refractivity contribution in [2.45, 2.75) is 20.1 Å². The molecule has 2 aromatic heterocycles. The van der Waals surface area contributed by atoms with Gasteiger partial charge in [-0.3, -0.25) is 0 Å². The van der Waals surface area contributed by atoms with Crippen LogP contribution >= 0.6 is 0 Å². The first-order valence-electron chi connectivity index (χ1n) is 6.29. The third-order valence-electron chi connectivity index (χ3n) is 2.52. The van der Waals surface area contributed by atoms with Crippen molar-refractivity contribution >= 4 is 11.5 Å². The molecule has 0 amide bonds. The van der Waals surface area contributed by atoms with Crippen LogP contribution in [0.25, 0.3) is 0 Å². The van der Waals surface area contributed by atoms with Gasteiger partial charge in [0.25, 0.3) is 0 Å². The molecule has 0 atom stereocenters. The van der Waals surface area contributed by atoms with Gasteiger partial charge < -0.3 is 24.9 Å². The van der Waals surface area contributed by atoms with Crippen molar-refractivity contribution in [2.75, 3.05) is 24.8 Å². The van der Waals surface area contributed by atoms with Gasteiger partial charge in [-0.1, -0.05) is 0 Å². The summed E-state index contributed by atoms with van der Waals surface area (Å²) < 4.78 is 15.7. The zero-order chi connectivity index (χ0) is 14.4. The highest BCUT2D eigenvalue weighted by molar-refractivity contribution is 5.66. The number of nitrogen functional groups attached to an aromatic ring is 1. The maximum absolute atomic E-state index is 5.99. The molecule has 0 saturated heterocycles. The molecule has 2 heterocycles. The molecule has 20 heavy (non-hydrogen) atoms. The Labute approximate surface area is 117 Å². The molecular weight excluding hydrogens is 260 g/mol. The second kappa shape index (κ2) is 6.76. The third-order valence-corrected chi connectivity index (χ3v) is 2.52. The number of anilines is 2. The van der Waals surface area contributed by atoms with Gasteiger partial charge in [0.1, 0.15) is 18.1 Å². The monoisotopic (exact) mass is 278 g/mol. The second-order valence-corrected chi connectivity index (χ2v) is 4.01. The largest absolute Gasteiger partial charge is 0.476 e. The minimum absolute atomic E-state index is 0.287. The van der Waals surface area contributed by atoms with Crippen molar-refractivity contribution < 1.29 is 13.9 Å². The van der Waals surface area contributed by atoms with E-state index in [0.29, 0.717) is 36.4 Å². The Morgan fingerprint density at radius 2 is 2.25 bits per heavy atom. The minimum Gasteiger partial charge on any atom is -0.476 e. The zero-order valence-electron chi connectivity index (χ0n) is 11.5. The van der Waals surface area contributed by atoms with Crippen LogP contribution < -0.4 is 15.8 Å². The number of methoxy groups -OCH3 is 1. The van der Waals surface area contributed by atoms with E-state index < -0.39 is 0 Å². The van der Waals surface area contributed by atoms with Gasteiger partial charge in [0.2, 0.25) is 5.88 Å². The average Bonchev–Trinajstić information content (AvgIpc) is 2.94. The molecule has 7 nitrogen and oxygen atoms in total. The molecule has 0 radical (unpaired) electrons. The molecule has 2 rings (SSSR count). The third kappa shape index (κ3) is 3.39. The fourth-order valence-corrected chi connectivity index (χ4v) is 1.65. The quantitative estimate of drug-likeness (QED) is 0.797. The zero-order valence-corrected chi connectivity index (χ0v) is 11.5. The smallest absolute Gasteiger partial charge is 0.242 e. The Morgan fingerprint density at radius 3 is 2.90 bits per heavy atom. The summed E-state index contributed by atoms with van der Waals surface area (Å²) in [6.45, 7) is 3.11. The van der Waals surface area contributed by atoms with E-state index >= 15 is 0 Å². The predicted octanol–water partition coefficient (Wildman–Crippen LogP) is 1.81. The number of nitrogens with zero attached hydrogens (tertiary/aromatic N) is 2. The predicted molar refractivity (Wildman–Crippen MR) is 74.4 cm³/mol. The summed E-state index contributed by atoms with van der Waals surface area (Å²) in [7, 11) is 1.58. The standard InChI is InChI=1S/C13H18N4O3/c1-3-19-13-11(14)12(16-10(17-13)8-18-2)15-7-9-5-4-6-20-9/h4-6H,3,7-8,14H2,1-2H3,(H,15,16,17). The topological polar surface area (TPSA) is 95.4 Å². The van der Waals surface area contributed by atoms with Crippen LogP contribution in [0.15, 0.2) is 22.8 Å². The molecule has 0 aliphatic heterocycles. The fourth-order valence-electron chi connectivity index (χ4n) is 1.65. The summed E-state index contributed by atoms with van der Waals surface area (Å²) in [6.07, 6.45) is 1.61. The van der Waals surface area contributed by atoms with Crippen molar-refractivity contribution in [2.24, 2.45) is 0 Å². The van der Waals surface area contributed by atoms with E-state index in [4.69, 9.17) is 19.6 Å². The lowest BCUT2D eigenvalue weighted by atomic mass is 10.4. The first-order valence-corrected chi connectivity index (χ1v) is 6.29. The number of hydrogen-bond donors (Lipinski definition) is 2. The Morgan fingerprint density at radius 1 is 1.40 bits per heavy atom. The van der Waals surface area contributed by atoms with Crippen LogP contribution in [-0.2, 0) is 17.9 Å². The molecule has 2 aromatic rings. The molecule has 0 fully saturated rings. The van der Waals surface area contributed by atoms with Crippen LogP contribution in [0.3, 0.4) is 0 Å². The maximum Gasteiger partial charge on any atom is 0.242 e. The molecule has 3 N–H and O–H groups in total. The van der Waals surface area contributed by atoms with Crippen LogP contribution in [0.2, 0.25) is 0 Å². The lowest BCUT2D eigenvalue weighted by molar-refractivity contribution is 0.176. The first kappa shape index (κ1) is 14.1. The van der Waals surface area contributed by atoms with Gasteiger partial charge in [0.05, 0.1) is 19.4 Å². The molecule has 0 spiro atoms. The number of ether oxygens (including phenoxy) is 2. The maximum atomic E-state index is 5.99. The van der Waals surface area contributed by atoms with Crippen molar-refractivity contribution in [3.05, 3.63) is 30.0 Å². The lowest BCUT2D eigenvalue weighted by Crippen LogP contribution is -2.11. The van der Waals surface area contributed by atoms with Crippen molar-refractivity contribution in [3.8, 4) is 5.88 Å². The van der Waals surface area contributed by atoms with E-state index in [1.807, 2.05) is 19.1 Å². The van der Waals surface area contributed by atoms with Crippen molar-refractivity contribution in [1.29, 1.82) is 0 Å². The summed E-state index contributed by atoms with van der Waals surface area (Å²) in [6, 6.07) is 3.69. The number of furan rings is 1. The number of aromatic nitrogens is 2. The number of nitrogens with two attached hydrogens (primary N) is 1. The highest BCUT2D eigenvalue weighted by Gasteiger charge is 2.13. The van der Waals surface area contributed by atoms with Gasteiger partial charge in [-0.2, -0.15) is 4.98 Å². The van der Waals surface area contributed by atoms with Crippen LogP contribution in [0.4, 0.5) is 11.5 Å². The fraction of sp³-hybridized carbons (Fsp3) is 0.385. The van der Waals surface area contributed by atoms with Gasteiger partial charge >= 0.3 is 0 Å². The Hall–Kier alpha value is -2.28. The van der Waals surface area contributed by atoms with E-state index in [9.17, 15) is 0 Å². The Bertz CT molecular complexity index is 543. The minimum atomic E-state index is 0.287. The van der Waals surface area contributed by atoms with Crippen molar-refractivity contribution in [3.63, 3.8) is 0 Å². The van der Waals surface area contributed by atoms with Crippen LogP contribution in [-0.4, -0.2) is 23.7 Å². The summed E-state index contributed by atoms with van der Waals surface area (Å²) >= 11 is 0. The van der Waals surface area contributed by atoms with Crippen LogP contribution in [0, 0.1) is 0 Å². The molecule has 0 bridgehead atoms. The van der Waals surface area contributed by atoms with Crippen LogP contribution in [0.5, 0.6) is 5.88 Å². The average molecular weight is 278 g/mol. The van der Waals surface area contributed by atoms with Gasteiger partial charge in [-0.15, -0.1) is 0 Å². The van der Waals surface area contributed by atoms with E-state index in [1.165, 1.54) is 0 Å². The summed E-state index contributed by atoms with van der Waals surface area (Å²) in [4.78, 5) is 8.52. The van der Waals surface area contributed by atoms with E-state index in [1.54, 1.807) is 13.4 Å². The molecule has 108 valence electrons. The van der Waals surface area contributed by atoms with Gasteiger partial charge in [-0.05, 0) is 19.1 Å². The number of nitrogens with one attached hydrogen (secondary N) is 1. The van der Waals surface area contributed by atoms with E-state index in [0.717, 1.165) is 5.76 Å². The second-order valence-electron chi connectivity index (χ2n) is 4.01. The van der Waals surface area contributed by atoms with Gasteiger partial charge in [0.15, 0.2) is 11.6 Å². The number of rotatable bonds is 7. The van der Waals surface area contributed by atoms with Crippen LogP contribution in [0.1, 0.15) is 18.5 Å². The van der Waals surface area contributed by atoms with E-state index in [2.05, 4.69) is 15.3 Å². The Balaban J connectivity index is 2.20. The first-order chi connectivity index (χ1) is 9.74. The number of hydrogen-bond acceptors (Lipinski definition) is 7. The lowest BCUT2D eigenvalue weighted by Gasteiger charge is -2.12. The molecular formula is C13H18N4O3. The molecule has 0 aromatic carbocycles. The molecule has 0 aliphatic carbocycles. The highest BCUT2D eigenvalue weighted by atomic mass is 16.5. The molecule has 0 aliphatic rings. The summed E-state index contributed by atoms with van der Waals surface area (Å²) in [5.41, 5.74) is 6.36. The van der Waals surface area contributed by atoms with Gasteiger partial charge in [0, 0.05) is 7.11 Å². The molecule has 7 heteroatoms.